The second kappa shape index (κ2) is 6.73. The van der Waals surface area contributed by atoms with Crippen LogP contribution in [0.25, 0.3) is 15.9 Å². The van der Waals surface area contributed by atoms with E-state index in [0.717, 1.165) is 52.7 Å². The van der Waals surface area contributed by atoms with Gasteiger partial charge in [0.2, 0.25) is 0 Å². The zero-order valence-electron chi connectivity index (χ0n) is 17.5. The van der Waals surface area contributed by atoms with Crippen molar-refractivity contribution < 1.29 is 4.79 Å². The number of fused-ring (bicyclic) bond motifs is 2. The Balaban J connectivity index is 1.25. The molecule has 0 atom stereocenters. The van der Waals surface area contributed by atoms with Gasteiger partial charge >= 0.3 is 0 Å². The Morgan fingerprint density at radius 3 is 2.90 bits per heavy atom. The van der Waals surface area contributed by atoms with E-state index in [9.17, 15) is 4.79 Å². The number of imidazole rings is 1. The van der Waals surface area contributed by atoms with Crippen LogP contribution in [0.5, 0.6) is 0 Å². The Labute approximate surface area is 183 Å². The van der Waals surface area contributed by atoms with E-state index in [1.165, 1.54) is 24.2 Å². The fourth-order valence-electron chi connectivity index (χ4n) is 4.35. The molecule has 2 N–H and O–H groups in total. The standard InChI is InChI=1S/C22H23N7OS/c1-13-10-29-11-17(25-14(2)19(29)24-13)26-20(30)16-9-15-3-4-18(27-21(15)31-16)28-8-7-23-22(12-28)5-6-22/h3-4,9-11,23H,5-8,12H2,1-2H3,(H,26,30). The molecule has 1 spiro atoms. The third-order valence-electron chi connectivity index (χ3n) is 6.11. The van der Waals surface area contributed by atoms with Gasteiger partial charge in [-0.25, -0.2) is 15.0 Å². The van der Waals surface area contributed by atoms with Gasteiger partial charge in [0, 0.05) is 36.8 Å². The number of carbonyl (C=O) groups is 1. The van der Waals surface area contributed by atoms with Crippen LogP contribution in [0.15, 0.2) is 30.6 Å². The molecule has 4 aromatic rings. The predicted octanol–water partition coefficient (Wildman–Crippen LogP) is 3.15. The zero-order chi connectivity index (χ0) is 21.2. The molecule has 4 aromatic heterocycles. The Bertz CT molecular complexity index is 1340. The maximum absolute atomic E-state index is 12.9. The van der Waals surface area contributed by atoms with Crippen LogP contribution >= 0.6 is 11.3 Å². The van der Waals surface area contributed by atoms with Crippen molar-refractivity contribution in [3.8, 4) is 0 Å². The van der Waals surface area contributed by atoms with Crippen LogP contribution in [-0.4, -0.2) is 50.4 Å². The molecule has 9 heteroatoms. The molecule has 158 valence electrons. The normalized spacial score (nSPS) is 17.5. The molecule has 1 amide bonds. The third kappa shape index (κ3) is 3.34. The quantitative estimate of drug-likeness (QED) is 0.516. The largest absolute Gasteiger partial charge is 0.353 e. The Morgan fingerprint density at radius 1 is 1.19 bits per heavy atom. The minimum atomic E-state index is -0.174. The van der Waals surface area contributed by atoms with Gasteiger partial charge in [-0.15, -0.1) is 11.3 Å². The predicted molar refractivity (Wildman–Crippen MR) is 122 cm³/mol. The molecule has 1 aliphatic heterocycles. The van der Waals surface area contributed by atoms with Gasteiger partial charge in [0.15, 0.2) is 5.65 Å². The van der Waals surface area contributed by atoms with Crippen molar-refractivity contribution in [1.82, 2.24) is 24.7 Å². The van der Waals surface area contributed by atoms with E-state index in [0.29, 0.717) is 16.2 Å². The lowest BCUT2D eigenvalue weighted by Gasteiger charge is -2.34. The van der Waals surface area contributed by atoms with Crippen molar-refractivity contribution in [3.05, 3.63) is 46.9 Å². The summed E-state index contributed by atoms with van der Waals surface area (Å²) in [5.41, 5.74) is 2.79. The highest BCUT2D eigenvalue weighted by molar-refractivity contribution is 7.20. The van der Waals surface area contributed by atoms with Crippen molar-refractivity contribution in [1.29, 1.82) is 0 Å². The van der Waals surface area contributed by atoms with Crippen molar-refractivity contribution in [2.45, 2.75) is 32.2 Å². The fraction of sp³-hybridized carbons (Fsp3) is 0.364. The number of anilines is 2. The lowest BCUT2D eigenvalue weighted by Crippen LogP contribution is -2.52. The number of thiophene rings is 1. The van der Waals surface area contributed by atoms with Crippen LogP contribution in [0.3, 0.4) is 0 Å². The number of aromatic nitrogens is 4. The average molecular weight is 434 g/mol. The molecule has 0 radical (unpaired) electrons. The third-order valence-corrected chi connectivity index (χ3v) is 7.16. The van der Waals surface area contributed by atoms with Gasteiger partial charge in [0.25, 0.3) is 5.91 Å². The van der Waals surface area contributed by atoms with E-state index in [1.54, 1.807) is 6.20 Å². The molecule has 2 fully saturated rings. The van der Waals surface area contributed by atoms with E-state index in [-0.39, 0.29) is 5.91 Å². The second-order valence-corrected chi connectivity index (χ2v) is 9.61. The minimum absolute atomic E-state index is 0.174. The second-order valence-electron chi connectivity index (χ2n) is 8.58. The number of nitrogens with one attached hydrogen (secondary N) is 2. The maximum Gasteiger partial charge on any atom is 0.267 e. The molecule has 1 saturated heterocycles. The summed E-state index contributed by atoms with van der Waals surface area (Å²) in [6.45, 7) is 6.79. The van der Waals surface area contributed by atoms with Gasteiger partial charge in [-0.05, 0) is 44.9 Å². The molecule has 6 rings (SSSR count). The fourth-order valence-corrected chi connectivity index (χ4v) is 5.27. The summed E-state index contributed by atoms with van der Waals surface area (Å²) in [5.74, 6) is 1.33. The minimum Gasteiger partial charge on any atom is -0.353 e. The molecule has 1 aliphatic carbocycles. The number of rotatable bonds is 3. The molecule has 5 heterocycles. The van der Waals surface area contributed by atoms with E-state index in [2.05, 4.69) is 37.6 Å². The van der Waals surface area contributed by atoms with Crippen molar-refractivity contribution in [3.63, 3.8) is 0 Å². The van der Waals surface area contributed by atoms with Crippen LogP contribution in [0, 0.1) is 13.8 Å². The zero-order valence-corrected chi connectivity index (χ0v) is 18.3. The van der Waals surface area contributed by atoms with Crippen LogP contribution in [0.2, 0.25) is 0 Å². The summed E-state index contributed by atoms with van der Waals surface area (Å²) in [5, 5.41) is 7.54. The molecule has 31 heavy (non-hydrogen) atoms. The lowest BCUT2D eigenvalue weighted by atomic mass is 10.2. The smallest absolute Gasteiger partial charge is 0.267 e. The van der Waals surface area contributed by atoms with Crippen LogP contribution in [0.1, 0.15) is 33.9 Å². The van der Waals surface area contributed by atoms with Gasteiger partial charge in [0.05, 0.1) is 22.5 Å². The van der Waals surface area contributed by atoms with Gasteiger partial charge in [-0.2, -0.15) is 0 Å². The number of nitrogens with zero attached hydrogens (tertiary/aromatic N) is 5. The molecule has 0 aromatic carbocycles. The highest BCUT2D eigenvalue weighted by Crippen LogP contribution is 2.39. The molecule has 1 saturated carbocycles. The monoisotopic (exact) mass is 433 g/mol. The van der Waals surface area contributed by atoms with E-state index in [1.807, 2.05) is 30.5 Å². The van der Waals surface area contributed by atoms with Gasteiger partial charge in [-0.1, -0.05) is 0 Å². The Morgan fingerprint density at radius 2 is 2.06 bits per heavy atom. The van der Waals surface area contributed by atoms with E-state index in [4.69, 9.17) is 4.98 Å². The number of amides is 1. The highest BCUT2D eigenvalue weighted by Gasteiger charge is 2.45. The number of hydrogen-bond donors (Lipinski definition) is 2. The van der Waals surface area contributed by atoms with Crippen molar-refractivity contribution >= 4 is 44.7 Å². The summed E-state index contributed by atoms with van der Waals surface area (Å²) in [6, 6.07) is 6.03. The number of carbonyl (C=O) groups excluding carboxylic acids is 1. The van der Waals surface area contributed by atoms with Crippen LogP contribution < -0.4 is 15.5 Å². The first kappa shape index (κ1) is 18.7. The van der Waals surface area contributed by atoms with Gasteiger partial charge in [-0.3, -0.25) is 4.79 Å². The van der Waals surface area contributed by atoms with Gasteiger partial charge in [0.1, 0.15) is 16.5 Å². The first-order valence-corrected chi connectivity index (χ1v) is 11.3. The highest BCUT2D eigenvalue weighted by atomic mass is 32.1. The first-order valence-electron chi connectivity index (χ1n) is 10.5. The lowest BCUT2D eigenvalue weighted by molar-refractivity contribution is 0.103. The maximum atomic E-state index is 12.9. The average Bonchev–Trinajstić information content (AvgIpc) is 3.18. The first-order chi connectivity index (χ1) is 15.0. The van der Waals surface area contributed by atoms with E-state index >= 15 is 0 Å². The Hall–Kier alpha value is -3.04. The SMILES string of the molecule is Cc1cn2cc(NC(=O)c3cc4ccc(N5CCNC6(CC6)C5)nc4s3)nc(C)c2n1. The topological polar surface area (TPSA) is 87.5 Å². The molecule has 0 unspecified atom stereocenters. The summed E-state index contributed by atoms with van der Waals surface area (Å²) in [6.07, 6.45) is 6.20. The number of hydrogen-bond acceptors (Lipinski definition) is 7. The molecular formula is C22H23N7OS. The van der Waals surface area contributed by atoms with Crippen molar-refractivity contribution in [2.75, 3.05) is 29.9 Å². The number of aryl methyl sites for hydroxylation is 2. The molecule has 2 aliphatic rings. The number of pyridine rings is 1. The van der Waals surface area contributed by atoms with Crippen molar-refractivity contribution in [2.24, 2.45) is 0 Å². The van der Waals surface area contributed by atoms with Crippen LogP contribution in [-0.2, 0) is 0 Å². The van der Waals surface area contributed by atoms with E-state index < -0.39 is 0 Å². The van der Waals surface area contributed by atoms with Gasteiger partial charge < -0.3 is 19.9 Å². The summed E-state index contributed by atoms with van der Waals surface area (Å²) < 4.78 is 1.89. The molecule has 8 nitrogen and oxygen atoms in total. The summed E-state index contributed by atoms with van der Waals surface area (Å²) in [7, 11) is 0. The molecular weight excluding hydrogens is 410 g/mol. The van der Waals surface area contributed by atoms with Crippen LogP contribution in [0.4, 0.5) is 11.6 Å². The molecule has 0 bridgehead atoms. The Kier molecular flexibility index (Phi) is 4.06. The number of piperazine rings is 1. The summed E-state index contributed by atoms with van der Waals surface area (Å²) >= 11 is 1.42. The summed E-state index contributed by atoms with van der Waals surface area (Å²) in [4.78, 5) is 30.6.